The fraction of sp³-hybridized carbons (Fsp3) is 0.308. The summed E-state index contributed by atoms with van der Waals surface area (Å²) < 4.78 is 1.71. The van der Waals surface area contributed by atoms with Crippen LogP contribution in [0, 0.1) is 0 Å². The number of fused-ring (bicyclic) bond motifs is 1. The largest absolute Gasteiger partial charge is 0.476 e. The van der Waals surface area contributed by atoms with Crippen LogP contribution >= 0.6 is 0 Å². The molecule has 1 N–H and O–H groups in total. The Morgan fingerprint density at radius 2 is 1.59 bits per heavy atom. The number of hydrogen-bond acceptors (Lipinski definition) is 6. The molecule has 8 heteroatoms. The SMILES string of the molecule is O=C(O)c1nn(-c2ccnc(N3CCCC3)c2)c2ccc(-c3cncc(N4CCCC4)c3)cc12. The second-order valence-corrected chi connectivity index (χ2v) is 8.99. The molecule has 1 aromatic carbocycles. The maximum absolute atomic E-state index is 12.1. The third kappa shape index (κ3) is 3.65. The third-order valence-electron chi connectivity index (χ3n) is 6.81. The normalized spacial score (nSPS) is 16.0. The lowest BCUT2D eigenvalue weighted by molar-refractivity contribution is 0.0692. The number of anilines is 2. The van der Waals surface area contributed by atoms with Gasteiger partial charge in [-0.25, -0.2) is 14.5 Å². The molecule has 0 aliphatic carbocycles. The molecule has 0 amide bonds. The van der Waals surface area contributed by atoms with Gasteiger partial charge in [-0.1, -0.05) is 6.07 Å². The predicted octanol–water partition coefficient (Wildman–Crippen LogP) is 4.38. The van der Waals surface area contributed by atoms with E-state index in [1.807, 2.05) is 42.7 Å². The van der Waals surface area contributed by atoms with Gasteiger partial charge in [-0.3, -0.25) is 4.98 Å². The summed E-state index contributed by atoms with van der Waals surface area (Å²) in [5.41, 5.74) is 4.60. The second-order valence-electron chi connectivity index (χ2n) is 8.99. The first kappa shape index (κ1) is 20.7. The zero-order chi connectivity index (χ0) is 23.1. The van der Waals surface area contributed by atoms with Crippen LogP contribution in [0.2, 0.25) is 0 Å². The molecule has 0 saturated carbocycles. The van der Waals surface area contributed by atoms with Gasteiger partial charge < -0.3 is 14.9 Å². The van der Waals surface area contributed by atoms with Crippen molar-refractivity contribution < 1.29 is 9.90 Å². The van der Waals surface area contributed by atoms with E-state index in [1.165, 1.54) is 12.8 Å². The lowest BCUT2D eigenvalue weighted by Crippen LogP contribution is -2.19. The van der Waals surface area contributed by atoms with Crippen molar-refractivity contribution in [2.24, 2.45) is 0 Å². The molecule has 2 aliphatic heterocycles. The molecule has 5 heterocycles. The molecule has 2 aliphatic rings. The second kappa shape index (κ2) is 8.44. The molecule has 8 nitrogen and oxygen atoms in total. The fourth-order valence-electron chi connectivity index (χ4n) is 5.04. The number of pyridine rings is 2. The molecule has 2 saturated heterocycles. The zero-order valence-electron chi connectivity index (χ0n) is 18.9. The Morgan fingerprint density at radius 3 is 2.35 bits per heavy atom. The van der Waals surface area contributed by atoms with Crippen LogP contribution in [0.3, 0.4) is 0 Å². The van der Waals surface area contributed by atoms with Crippen LogP contribution in [0.1, 0.15) is 36.2 Å². The van der Waals surface area contributed by atoms with Crippen LogP contribution in [-0.2, 0) is 0 Å². The Labute approximate surface area is 197 Å². The van der Waals surface area contributed by atoms with Crippen molar-refractivity contribution in [1.82, 2.24) is 19.7 Å². The molecule has 0 unspecified atom stereocenters. The maximum atomic E-state index is 12.1. The minimum Gasteiger partial charge on any atom is -0.476 e. The molecule has 0 radical (unpaired) electrons. The van der Waals surface area contributed by atoms with Crippen LogP contribution in [0.25, 0.3) is 27.7 Å². The number of carbonyl (C=O) groups is 1. The zero-order valence-corrected chi connectivity index (χ0v) is 18.9. The van der Waals surface area contributed by atoms with Gasteiger partial charge in [0.1, 0.15) is 5.82 Å². The highest BCUT2D eigenvalue weighted by Gasteiger charge is 2.20. The summed E-state index contributed by atoms with van der Waals surface area (Å²) in [6.07, 6.45) is 10.2. The number of benzene rings is 1. The topological polar surface area (TPSA) is 87.4 Å². The van der Waals surface area contributed by atoms with Crippen LogP contribution in [-0.4, -0.2) is 57.0 Å². The van der Waals surface area contributed by atoms with Crippen molar-refractivity contribution in [1.29, 1.82) is 0 Å². The number of aromatic nitrogens is 4. The van der Waals surface area contributed by atoms with Gasteiger partial charge in [-0.2, -0.15) is 5.10 Å². The Balaban J connectivity index is 1.43. The van der Waals surface area contributed by atoms with Crippen LogP contribution in [0.5, 0.6) is 0 Å². The van der Waals surface area contributed by atoms with Gasteiger partial charge in [0.25, 0.3) is 0 Å². The molecule has 0 spiro atoms. The highest BCUT2D eigenvalue weighted by Crippen LogP contribution is 2.31. The molecule has 4 aromatic rings. The van der Waals surface area contributed by atoms with Crippen LogP contribution < -0.4 is 9.80 Å². The lowest BCUT2D eigenvalue weighted by atomic mass is 10.0. The van der Waals surface area contributed by atoms with Crippen molar-refractivity contribution >= 4 is 28.4 Å². The van der Waals surface area contributed by atoms with Gasteiger partial charge in [0.2, 0.25) is 0 Å². The summed E-state index contributed by atoms with van der Waals surface area (Å²) in [6, 6.07) is 11.9. The smallest absolute Gasteiger partial charge is 0.357 e. The average molecular weight is 455 g/mol. The Morgan fingerprint density at radius 1 is 0.824 bits per heavy atom. The lowest BCUT2D eigenvalue weighted by Gasteiger charge is -2.18. The number of rotatable bonds is 5. The highest BCUT2D eigenvalue weighted by atomic mass is 16.4. The van der Waals surface area contributed by atoms with E-state index in [9.17, 15) is 9.90 Å². The Hall–Kier alpha value is -3.94. The van der Waals surface area contributed by atoms with Crippen molar-refractivity contribution in [2.45, 2.75) is 25.7 Å². The van der Waals surface area contributed by atoms with E-state index >= 15 is 0 Å². The number of nitrogens with zero attached hydrogens (tertiary/aromatic N) is 6. The molecular weight excluding hydrogens is 428 g/mol. The van der Waals surface area contributed by atoms with Crippen LogP contribution in [0.4, 0.5) is 11.5 Å². The molecule has 3 aromatic heterocycles. The Kier molecular flexibility index (Phi) is 5.13. The number of carboxylic acids is 1. The van der Waals surface area contributed by atoms with E-state index in [4.69, 9.17) is 0 Å². The van der Waals surface area contributed by atoms with E-state index in [-0.39, 0.29) is 5.69 Å². The minimum atomic E-state index is -1.04. The van der Waals surface area contributed by atoms with E-state index in [0.717, 1.165) is 72.9 Å². The standard InChI is InChI=1S/C26H26N6O2/c33-26(34)25-22-14-18(19-13-21(17-27-16-19)30-9-1-2-10-30)5-6-23(22)32(29-25)20-7-8-28-24(15-20)31-11-3-4-12-31/h5-8,13-17H,1-4,9-12H2,(H,33,34). The van der Waals surface area contributed by atoms with E-state index < -0.39 is 5.97 Å². The number of hydrogen-bond donors (Lipinski definition) is 1. The minimum absolute atomic E-state index is 0.0417. The molecule has 2 fully saturated rings. The molecular formula is C26H26N6O2. The highest BCUT2D eigenvalue weighted by molar-refractivity contribution is 6.03. The van der Waals surface area contributed by atoms with Gasteiger partial charge in [-0.05, 0) is 55.5 Å². The monoisotopic (exact) mass is 454 g/mol. The van der Waals surface area contributed by atoms with Gasteiger partial charge >= 0.3 is 5.97 Å². The van der Waals surface area contributed by atoms with Gasteiger partial charge in [0, 0.05) is 55.6 Å². The third-order valence-corrected chi connectivity index (χ3v) is 6.81. The van der Waals surface area contributed by atoms with Crippen LogP contribution in [0.15, 0.2) is 55.0 Å². The summed E-state index contributed by atoms with van der Waals surface area (Å²) in [5.74, 6) is -0.143. The average Bonchev–Trinajstić information content (AvgIpc) is 3.65. The van der Waals surface area contributed by atoms with Crippen molar-refractivity contribution in [3.05, 3.63) is 60.7 Å². The first-order valence-corrected chi connectivity index (χ1v) is 11.9. The quantitative estimate of drug-likeness (QED) is 0.479. The fourth-order valence-corrected chi connectivity index (χ4v) is 5.04. The van der Waals surface area contributed by atoms with Gasteiger partial charge in [0.15, 0.2) is 5.69 Å². The summed E-state index contributed by atoms with van der Waals surface area (Å²) in [4.78, 5) is 25.7. The Bertz CT molecular complexity index is 1370. The maximum Gasteiger partial charge on any atom is 0.357 e. The summed E-state index contributed by atoms with van der Waals surface area (Å²) >= 11 is 0. The first-order valence-electron chi connectivity index (χ1n) is 11.9. The van der Waals surface area contributed by atoms with Gasteiger partial charge in [-0.15, -0.1) is 0 Å². The molecule has 34 heavy (non-hydrogen) atoms. The molecule has 0 bridgehead atoms. The van der Waals surface area contributed by atoms with E-state index in [1.54, 1.807) is 10.9 Å². The predicted molar refractivity (Wildman–Crippen MR) is 132 cm³/mol. The summed E-state index contributed by atoms with van der Waals surface area (Å²) in [7, 11) is 0. The first-order chi connectivity index (χ1) is 16.7. The van der Waals surface area contributed by atoms with E-state index in [2.05, 4.69) is 30.9 Å². The van der Waals surface area contributed by atoms with E-state index in [0.29, 0.717) is 5.39 Å². The van der Waals surface area contributed by atoms with Gasteiger partial charge in [0.05, 0.1) is 23.1 Å². The van der Waals surface area contributed by atoms with Crippen molar-refractivity contribution in [2.75, 3.05) is 36.0 Å². The molecule has 6 rings (SSSR count). The van der Waals surface area contributed by atoms with Crippen molar-refractivity contribution in [3.8, 4) is 16.8 Å². The molecule has 172 valence electrons. The summed E-state index contributed by atoms with van der Waals surface area (Å²) in [6.45, 7) is 4.08. The molecule has 0 atom stereocenters. The van der Waals surface area contributed by atoms with Crippen molar-refractivity contribution in [3.63, 3.8) is 0 Å². The number of carboxylic acid groups (broad SMARTS) is 1. The number of aromatic carboxylic acids is 1. The summed E-state index contributed by atoms with van der Waals surface area (Å²) in [5, 5.41) is 15.0.